The third-order valence-electron chi connectivity index (χ3n) is 4.84. The van der Waals surface area contributed by atoms with Crippen LogP contribution in [0.2, 0.25) is 0 Å². The number of hydrogen-bond acceptors (Lipinski definition) is 7. The highest BCUT2D eigenvalue weighted by atomic mass is 19.4. The number of hydrogen-bond donors (Lipinski definition) is 1. The fraction of sp³-hybridized carbons (Fsp3) is 0.526. The summed E-state index contributed by atoms with van der Waals surface area (Å²) in [6.07, 6.45) is -1.11. The Kier molecular flexibility index (Phi) is 6.93. The highest BCUT2D eigenvalue weighted by Gasteiger charge is 2.44. The quantitative estimate of drug-likeness (QED) is 0.793. The Hall–Kier alpha value is -2.66. The van der Waals surface area contributed by atoms with Gasteiger partial charge in [0.1, 0.15) is 18.0 Å². The molecular formula is C19H22F3N3O5. The van der Waals surface area contributed by atoms with Gasteiger partial charge in [-0.3, -0.25) is 4.90 Å². The Balaban J connectivity index is 0.000000318. The molecule has 0 amide bonds. The molecule has 0 radical (unpaired) electrons. The van der Waals surface area contributed by atoms with Gasteiger partial charge in [0.2, 0.25) is 5.88 Å². The largest absolute Gasteiger partial charge is 0.490 e. The lowest BCUT2D eigenvalue weighted by molar-refractivity contribution is -0.192. The van der Waals surface area contributed by atoms with Gasteiger partial charge in [-0.05, 0) is 25.8 Å². The second-order valence-electron chi connectivity index (χ2n) is 7.01. The number of nitrogens with zero attached hydrogens (tertiary/aromatic N) is 3. The second kappa shape index (κ2) is 9.43. The number of aliphatic carboxylic acids is 1. The van der Waals surface area contributed by atoms with Crippen LogP contribution in [-0.2, 0) is 16.1 Å². The minimum absolute atomic E-state index is 0.0664. The van der Waals surface area contributed by atoms with Gasteiger partial charge in [-0.2, -0.15) is 13.2 Å². The molecule has 1 aliphatic heterocycles. The normalized spacial score (nSPS) is 23.9. The first kappa shape index (κ1) is 22.0. The van der Waals surface area contributed by atoms with Gasteiger partial charge < -0.3 is 19.1 Å². The minimum atomic E-state index is -5.08. The Bertz CT molecular complexity index is 830. The second-order valence-corrected chi connectivity index (χ2v) is 7.01. The SMILES string of the molecule is Cc1cc(CN2CCO[C@H]3[C@@H](Oc4ccccn4)CC[C@@H]32)no1.O=C(O)C(F)(F)F. The van der Waals surface area contributed by atoms with Crippen LogP contribution in [0.4, 0.5) is 13.2 Å². The van der Waals surface area contributed by atoms with E-state index < -0.39 is 12.1 Å². The van der Waals surface area contributed by atoms with Crippen molar-refractivity contribution in [3.05, 3.63) is 41.9 Å². The van der Waals surface area contributed by atoms with Crippen molar-refractivity contribution in [2.45, 2.75) is 50.7 Å². The van der Waals surface area contributed by atoms with Gasteiger partial charge in [-0.15, -0.1) is 0 Å². The molecule has 4 rings (SSSR count). The van der Waals surface area contributed by atoms with Crippen LogP contribution in [0, 0.1) is 6.92 Å². The highest BCUT2D eigenvalue weighted by Crippen LogP contribution is 2.33. The van der Waals surface area contributed by atoms with E-state index in [0.29, 0.717) is 11.9 Å². The molecule has 30 heavy (non-hydrogen) atoms. The maximum atomic E-state index is 10.6. The first-order chi connectivity index (χ1) is 14.2. The molecule has 0 spiro atoms. The predicted molar refractivity (Wildman–Crippen MR) is 96.8 cm³/mol. The van der Waals surface area contributed by atoms with Crippen molar-refractivity contribution in [2.24, 2.45) is 0 Å². The topological polar surface area (TPSA) is 97.9 Å². The average molecular weight is 429 g/mol. The molecule has 2 aromatic rings. The number of fused-ring (bicyclic) bond motifs is 1. The number of rotatable bonds is 4. The molecule has 3 atom stereocenters. The summed E-state index contributed by atoms with van der Waals surface area (Å²) in [6.45, 7) is 4.37. The summed E-state index contributed by atoms with van der Waals surface area (Å²) in [5.41, 5.74) is 0.984. The molecule has 2 aromatic heterocycles. The van der Waals surface area contributed by atoms with E-state index >= 15 is 0 Å². The summed E-state index contributed by atoms with van der Waals surface area (Å²) < 4.78 is 49.0. The van der Waals surface area contributed by atoms with Crippen molar-refractivity contribution in [2.75, 3.05) is 13.2 Å². The summed E-state index contributed by atoms with van der Waals surface area (Å²) in [5, 5.41) is 11.2. The first-order valence-electron chi connectivity index (χ1n) is 9.39. The fourth-order valence-electron chi connectivity index (χ4n) is 3.59. The third-order valence-corrected chi connectivity index (χ3v) is 4.84. The monoisotopic (exact) mass is 429 g/mol. The van der Waals surface area contributed by atoms with Crippen LogP contribution in [0.3, 0.4) is 0 Å². The van der Waals surface area contributed by atoms with Crippen molar-refractivity contribution in [1.29, 1.82) is 0 Å². The fourth-order valence-corrected chi connectivity index (χ4v) is 3.59. The number of aryl methyl sites for hydroxylation is 1. The van der Waals surface area contributed by atoms with Crippen molar-refractivity contribution in [3.63, 3.8) is 0 Å². The Morgan fingerprint density at radius 2 is 2.13 bits per heavy atom. The van der Waals surface area contributed by atoms with Crippen molar-refractivity contribution < 1.29 is 37.1 Å². The zero-order valence-corrected chi connectivity index (χ0v) is 16.2. The molecule has 2 fully saturated rings. The average Bonchev–Trinajstić information content (AvgIpc) is 3.29. The van der Waals surface area contributed by atoms with Gasteiger partial charge >= 0.3 is 12.1 Å². The van der Waals surface area contributed by atoms with Crippen LogP contribution in [-0.4, -0.2) is 63.7 Å². The summed E-state index contributed by atoms with van der Waals surface area (Å²) in [5.74, 6) is -1.23. The molecule has 1 N–H and O–H groups in total. The Labute approximate surface area is 170 Å². The maximum absolute atomic E-state index is 10.6. The molecule has 8 nitrogen and oxygen atoms in total. The molecule has 1 aliphatic carbocycles. The number of carboxylic acid groups (broad SMARTS) is 1. The van der Waals surface area contributed by atoms with Crippen LogP contribution in [0.25, 0.3) is 0 Å². The number of morpholine rings is 1. The summed E-state index contributed by atoms with van der Waals surface area (Å²) >= 11 is 0. The number of alkyl halides is 3. The van der Waals surface area contributed by atoms with Crippen molar-refractivity contribution in [3.8, 4) is 5.88 Å². The van der Waals surface area contributed by atoms with E-state index in [-0.39, 0.29) is 12.2 Å². The molecule has 0 aromatic carbocycles. The van der Waals surface area contributed by atoms with Crippen LogP contribution >= 0.6 is 0 Å². The zero-order chi connectivity index (χ0) is 21.7. The Morgan fingerprint density at radius 1 is 1.37 bits per heavy atom. The standard InChI is InChI=1S/C17H21N3O3.C2HF3O2/c1-12-10-13(19-23-12)11-20-8-9-21-17-14(20)5-6-15(17)22-16-4-2-3-7-18-16;3-2(4,5)1(6)7/h2-4,7,10,14-15,17H,5-6,8-9,11H2,1H3;(H,6,7)/t14-,15-,17+;/m0./s1. The molecule has 11 heteroatoms. The Morgan fingerprint density at radius 3 is 2.73 bits per heavy atom. The molecule has 2 aliphatic rings. The van der Waals surface area contributed by atoms with Gasteiger partial charge in [0.25, 0.3) is 0 Å². The molecule has 1 saturated heterocycles. The molecule has 3 heterocycles. The lowest BCUT2D eigenvalue weighted by Gasteiger charge is -2.38. The van der Waals surface area contributed by atoms with Crippen molar-refractivity contribution >= 4 is 5.97 Å². The van der Waals surface area contributed by atoms with Gasteiger partial charge in [0, 0.05) is 37.5 Å². The van der Waals surface area contributed by atoms with Crippen LogP contribution in [0.5, 0.6) is 5.88 Å². The molecular weight excluding hydrogens is 407 g/mol. The third kappa shape index (κ3) is 5.70. The number of ether oxygens (including phenoxy) is 2. The number of carbonyl (C=O) groups is 1. The van der Waals surface area contributed by atoms with E-state index in [4.69, 9.17) is 23.9 Å². The number of halogens is 3. The van der Waals surface area contributed by atoms with E-state index in [9.17, 15) is 13.2 Å². The van der Waals surface area contributed by atoms with E-state index in [1.807, 2.05) is 31.2 Å². The van der Waals surface area contributed by atoms with Crippen LogP contribution in [0.1, 0.15) is 24.3 Å². The zero-order valence-electron chi connectivity index (χ0n) is 16.2. The van der Waals surface area contributed by atoms with Crippen molar-refractivity contribution in [1.82, 2.24) is 15.0 Å². The molecule has 164 valence electrons. The number of carboxylic acids is 1. The number of pyridine rings is 1. The minimum Gasteiger partial charge on any atom is -0.475 e. The summed E-state index contributed by atoms with van der Waals surface area (Å²) in [7, 11) is 0. The van der Waals surface area contributed by atoms with Gasteiger partial charge in [0.15, 0.2) is 0 Å². The van der Waals surface area contributed by atoms with E-state index in [2.05, 4.69) is 15.0 Å². The van der Waals surface area contributed by atoms with Crippen LogP contribution < -0.4 is 4.74 Å². The number of aromatic nitrogens is 2. The van der Waals surface area contributed by atoms with E-state index in [0.717, 1.165) is 44.0 Å². The smallest absolute Gasteiger partial charge is 0.475 e. The van der Waals surface area contributed by atoms with Crippen LogP contribution in [0.15, 0.2) is 35.0 Å². The van der Waals surface area contributed by atoms with E-state index in [1.54, 1.807) is 6.20 Å². The predicted octanol–water partition coefficient (Wildman–Crippen LogP) is 2.82. The summed E-state index contributed by atoms with van der Waals surface area (Å²) in [4.78, 5) is 15.6. The molecule has 1 saturated carbocycles. The first-order valence-corrected chi connectivity index (χ1v) is 9.39. The highest BCUT2D eigenvalue weighted by molar-refractivity contribution is 5.73. The summed E-state index contributed by atoms with van der Waals surface area (Å²) in [6, 6.07) is 8.10. The van der Waals surface area contributed by atoms with E-state index in [1.165, 1.54) is 0 Å². The van der Waals surface area contributed by atoms with Gasteiger partial charge in [-0.25, -0.2) is 9.78 Å². The lowest BCUT2D eigenvalue weighted by atomic mass is 10.1. The molecule has 0 bridgehead atoms. The lowest BCUT2D eigenvalue weighted by Crippen LogP contribution is -2.51. The van der Waals surface area contributed by atoms with Gasteiger partial charge in [0.05, 0.1) is 12.3 Å². The van der Waals surface area contributed by atoms with Gasteiger partial charge in [-0.1, -0.05) is 11.2 Å². The maximum Gasteiger partial charge on any atom is 0.490 e. The molecule has 0 unspecified atom stereocenters.